The van der Waals surface area contributed by atoms with E-state index in [0.29, 0.717) is 12.0 Å². The molecule has 0 heterocycles. The molecule has 0 aliphatic carbocycles. The first-order chi connectivity index (χ1) is 8.04. The summed E-state index contributed by atoms with van der Waals surface area (Å²) >= 11 is 6.16. The van der Waals surface area contributed by atoms with Crippen LogP contribution in [0.1, 0.15) is 50.7 Å². The Morgan fingerprint density at radius 3 is 2.59 bits per heavy atom. The van der Waals surface area contributed by atoms with Crippen LogP contribution in [0, 0.1) is 6.92 Å². The zero-order chi connectivity index (χ0) is 12.8. The molecule has 2 heteroatoms. The van der Waals surface area contributed by atoms with E-state index in [2.05, 4.69) is 44.3 Å². The molecule has 0 aromatic heterocycles. The molecule has 1 aromatic carbocycles. The van der Waals surface area contributed by atoms with Crippen molar-refractivity contribution in [1.82, 2.24) is 5.32 Å². The molecule has 0 fully saturated rings. The number of rotatable bonds is 6. The van der Waals surface area contributed by atoms with Crippen LogP contribution in [0.2, 0.25) is 5.02 Å². The zero-order valence-corrected chi connectivity index (χ0v) is 12.1. The predicted molar refractivity (Wildman–Crippen MR) is 77.0 cm³/mol. The van der Waals surface area contributed by atoms with Gasteiger partial charge in [0, 0.05) is 11.1 Å². The lowest BCUT2D eigenvalue weighted by molar-refractivity contribution is 0.479. The van der Waals surface area contributed by atoms with E-state index in [0.717, 1.165) is 23.6 Å². The summed E-state index contributed by atoms with van der Waals surface area (Å²) in [6, 6.07) is 6.97. The molecule has 0 amide bonds. The van der Waals surface area contributed by atoms with Crippen molar-refractivity contribution < 1.29 is 0 Å². The van der Waals surface area contributed by atoms with Gasteiger partial charge in [-0.05, 0) is 56.3 Å². The summed E-state index contributed by atoms with van der Waals surface area (Å²) in [5.74, 6) is 0.549. The standard InChI is InChI=1S/C15H24ClN/c1-5-8-17-13(4)9-12(3)14-7-6-11(2)15(16)10-14/h6-7,10,12-13,17H,5,8-9H2,1-4H3. The highest BCUT2D eigenvalue weighted by Gasteiger charge is 2.11. The summed E-state index contributed by atoms with van der Waals surface area (Å²) in [4.78, 5) is 0. The van der Waals surface area contributed by atoms with Gasteiger partial charge in [-0.2, -0.15) is 0 Å². The maximum atomic E-state index is 6.16. The fourth-order valence-corrected chi connectivity index (χ4v) is 2.25. The second kappa shape index (κ2) is 7.03. The molecule has 2 unspecified atom stereocenters. The van der Waals surface area contributed by atoms with E-state index in [1.165, 1.54) is 12.0 Å². The van der Waals surface area contributed by atoms with Crippen LogP contribution in [0.4, 0.5) is 0 Å². The second-order valence-corrected chi connectivity index (χ2v) is 5.41. The summed E-state index contributed by atoms with van der Waals surface area (Å²) in [7, 11) is 0. The van der Waals surface area contributed by atoms with Gasteiger partial charge in [0.1, 0.15) is 0 Å². The van der Waals surface area contributed by atoms with Gasteiger partial charge in [0.2, 0.25) is 0 Å². The lowest BCUT2D eigenvalue weighted by Crippen LogP contribution is -2.28. The molecule has 1 aromatic rings. The van der Waals surface area contributed by atoms with E-state index in [-0.39, 0.29) is 0 Å². The van der Waals surface area contributed by atoms with E-state index in [1.807, 2.05) is 6.92 Å². The minimum absolute atomic E-state index is 0.549. The van der Waals surface area contributed by atoms with Gasteiger partial charge < -0.3 is 5.32 Å². The van der Waals surface area contributed by atoms with Crippen molar-refractivity contribution in [1.29, 1.82) is 0 Å². The molecule has 0 bridgehead atoms. The van der Waals surface area contributed by atoms with Crippen molar-refractivity contribution in [3.05, 3.63) is 34.3 Å². The smallest absolute Gasteiger partial charge is 0.0438 e. The SMILES string of the molecule is CCCNC(C)CC(C)c1ccc(C)c(Cl)c1. The molecule has 0 saturated heterocycles. The highest BCUT2D eigenvalue weighted by Crippen LogP contribution is 2.25. The molecule has 0 saturated carbocycles. The number of hydrogen-bond donors (Lipinski definition) is 1. The summed E-state index contributed by atoms with van der Waals surface area (Å²) < 4.78 is 0. The molecule has 0 spiro atoms. The van der Waals surface area contributed by atoms with Crippen LogP contribution in [0.25, 0.3) is 0 Å². The maximum Gasteiger partial charge on any atom is 0.0438 e. The number of nitrogens with one attached hydrogen (secondary N) is 1. The first kappa shape index (κ1) is 14.5. The van der Waals surface area contributed by atoms with Gasteiger partial charge in [0.15, 0.2) is 0 Å². The summed E-state index contributed by atoms with van der Waals surface area (Å²) in [5, 5.41) is 4.40. The van der Waals surface area contributed by atoms with Crippen molar-refractivity contribution in [2.45, 2.75) is 52.5 Å². The molecule has 0 aliphatic rings. The lowest BCUT2D eigenvalue weighted by atomic mass is 9.94. The highest BCUT2D eigenvalue weighted by atomic mass is 35.5. The van der Waals surface area contributed by atoms with E-state index >= 15 is 0 Å². The van der Waals surface area contributed by atoms with Gasteiger partial charge >= 0.3 is 0 Å². The zero-order valence-electron chi connectivity index (χ0n) is 11.4. The Morgan fingerprint density at radius 1 is 1.29 bits per heavy atom. The number of benzene rings is 1. The summed E-state index contributed by atoms with van der Waals surface area (Å²) in [6.45, 7) is 9.86. The van der Waals surface area contributed by atoms with Gasteiger partial charge in [0.05, 0.1) is 0 Å². The quantitative estimate of drug-likeness (QED) is 0.786. The van der Waals surface area contributed by atoms with Crippen LogP contribution in [0.5, 0.6) is 0 Å². The average molecular weight is 254 g/mol. The first-order valence-electron chi connectivity index (χ1n) is 6.54. The Kier molecular flexibility index (Phi) is 6.01. The molecule has 0 radical (unpaired) electrons. The van der Waals surface area contributed by atoms with Crippen LogP contribution < -0.4 is 5.32 Å². The molecule has 17 heavy (non-hydrogen) atoms. The third-order valence-corrected chi connectivity index (χ3v) is 3.62. The van der Waals surface area contributed by atoms with Crippen LogP contribution >= 0.6 is 11.6 Å². The fourth-order valence-electron chi connectivity index (χ4n) is 2.06. The Balaban J connectivity index is 2.57. The van der Waals surface area contributed by atoms with Crippen molar-refractivity contribution >= 4 is 11.6 Å². The molecule has 2 atom stereocenters. The van der Waals surface area contributed by atoms with Gasteiger partial charge in [-0.15, -0.1) is 0 Å². The Bertz CT molecular complexity index is 349. The molecule has 96 valence electrons. The van der Waals surface area contributed by atoms with E-state index in [9.17, 15) is 0 Å². The molecular formula is C15H24ClN. The molecular weight excluding hydrogens is 230 g/mol. The first-order valence-corrected chi connectivity index (χ1v) is 6.91. The fraction of sp³-hybridized carbons (Fsp3) is 0.600. The maximum absolute atomic E-state index is 6.16. The Labute approximate surface area is 111 Å². The van der Waals surface area contributed by atoms with Gasteiger partial charge in [-0.3, -0.25) is 0 Å². The number of hydrogen-bond acceptors (Lipinski definition) is 1. The Morgan fingerprint density at radius 2 is 2.00 bits per heavy atom. The minimum atomic E-state index is 0.549. The van der Waals surface area contributed by atoms with E-state index in [4.69, 9.17) is 11.6 Å². The second-order valence-electron chi connectivity index (χ2n) is 5.00. The normalized spacial score (nSPS) is 14.6. The van der Waals surface area contributed by atoms with Gasteiger partial charge in [-0.1, -0.05) is 37.6 Å². The van der Waals surface area contributed by atoms with Crippen molar-refractivity contribution in [3.8, 4) is 0 Å². The average Bonchev–Trinajstić information content (AvgIpc) is 2.30. The lowest BCUT2D eigenvalue weighted by Gasteiger charge is -2.19. The summed E-state index contributed by atoms with van der Waals surface area (Å²) in [6.07, 6.45) is 2.34. The van der Waals surface area contributed by atoms with Crippen molar-refractivity contribution in [2.24, 2.45) is 0 Å². The molecule has 1 rings (SSSR count). The van der Waals surface area contributed by atoms with Crippen LogP contribution in [0.3, 0.4) is 0 Å². The van der Waals surface area contributed by atoms with Crippen LogP contribution in [-0.4, -0.2) is 12.6 Å². The minimum Gasteiger partial charge on any atom is -0.314 e. The van der Waals surface area contributed by atoms with Gasteiger partial charge in [-0.25, -0.2) is 0 Å². The molecule has 0 aliphatic heterocycles. The van der Waals surface area contributed by atoms with Gasteiger partial charge in [0.25, 0.3) is 0 Å². The van der Waals surface area contributed by atoms with Crippen molar-refractivity contribution in [2.75, 3.05) is 6.54 Å². The summed E-state index contributed by atoms with van der Waals surface area (Å²) in [5.41, 5.74) is 2.49. The molecule has 1 nitrogen and oxygen atoms in total. The van der Waals surface area contributed by atoms with Crippen LogP contribution in [-0.2, 0) is 0 Å². The third kappa shape index (κ3) is 4.69. The highest BCUT2D eigenvalue weighted by molar-refractivity contribution is 6.31. The predicted octanol–water partition coefficient (Wildman–Crippen LogP) is 4.53. The van der Waals surface area contributed by atoms with E-state index < -0.39 is 0 Å². The number of aryl methyl sites for hydroxylation is 1. The topological polar surface area (TPSA) is 12.0 Å². The third-order valence-electron chi connectivity index (χ3n) is 3.21. The number of halogens is 1. The van der Waals surface area contributed by atoms with E-state index in [1.54, 1.807) is 0 Å². The monoisotopic (exact) mass is 253 g/mol. The molecule has 1 N–H and O–H groups in total. The van der Waals surface area contributed by atoms with Crippen molar-refractivity contribution in [3.63, 3.8) is 0 Å². The largest absolute Gasteiger partial charge is 0.314 e. The van der Waals surface area contributed by atoms with Crippen LogP contribution in [0.15, 0.2) is 18.2 Å². The Hall–Kier alpha value is -0.530.